The molecule has 2 fully saturated rings. The zero-order chi connectivity index (χ0) is 29.6. The van der Waals surface area contributed by atoms with Gasteiger partial charge in [-0.2, -0.15) is 0 Å². The molecule has 2 aliphatic heterocycles. The van der Waals surface area contributed by atoms with Crippen molar-refractivity contribution < 1.29 is 23.8 Å². The number of benzene rings is 2. The van der Waals surface area contributed by atoms with Crippen LogP contribution in [0, 0.1) is 17.7 Å². The van der Waals surface area contributed by atoms with Gasteiger partial charge in [-0.15, -0.1) is 0 Å². The molecule has 6 rings (SSSR count). The van der Waals surface area contributed by atoms with E-state index in [2.05, 4.69) is 54.1 Å². The molecule has 1 aliphatic carbocycles. The van der Waals surface area contributed by atoms with Crippen molar-refractivity contribution in [2.45, 2.75) is 83.4 Å². The molecule has 0 amide bonds. The number of carboxylic acids is 1. The summed E-state index contributed by atoms with van der Waals surface area (Å²) in [5.74, 6) is 0.0921. The summed E-state index contributed by atoms with van der Waals surface area (Å²) in [4.78, 5) is 18.4. The minimum atomic E-state index is -0.750. The molecule has 1 saturated carbocycles. The zero-order valence-electron chi connectivity index (χ0n) is 25.0. The molecular formula is C35H41FN2O4. The maximum absolute atomic E-state index is 15.1. The van der Waals surface area contributed by atoms with Gasteiger partial charge in [-0.05, 0) is 105 Å². The van der Waals surface area contributed by atoms with Gasteiger partial charge < -0.3 is 14.6 Å². The largest absolute Gasteiger partial charge is 0.485 e. The van der Waals surface area contributed by atoms with Gasteiger partial charge in [0.15, 0.2) is 0 Å². The molecule has 0 radical (unpaired) electrons. The smallest absolute Gasteiger partial charge is 0.306 e. The van der Waals surface area contributed by atoms with E-state index in [0.29, 0.717) is 23.9 Å². The molecule has 7 heteroatoms. The second-order valence-corrected chi connectivity index (χ2v) is 13.0. The molecule has 3 aliphatic rings. The monoisotopic (exact) mass is 572 g/mol. The van der Waals surface area contributed by atoms with E-state index < -0.39 is 11.9 Å². The van der Waals surface area contributed by atoms with Gasteiger partial charge in [0, 0.05) is 23.7 Å². The van der Waals surface area contributed by atoms with Gasteiger partial charge in [-0.1, -0.05) is 37.3 Å². The number of fused-ring (bicyclic) bond motifs is 1. The highest BCUT2D eigenvalue weighted by Crippen LogP contribution is 2.48. The quantitative estimate of drug-likeness (QED) is 0.285. The Hall–Kier alpha value is -3.45. The lowest BCUT2D eigenvalue weighted by atomic mass is 9.82. The van der Waals surface area contributed by atoms with Gasteiger partial charge in [0.05, 0.1) is 19.2 Å². The van der Waals surface area contributed by atoms with E-state index in [9.17, 15) is 9.90 Å². The first-order valence-corrected chi connectivity index (χ1v) is 15.2. The van der Waals surface area contributed by atoms with E-state index in [1.165, 1.54) is 6.20 Å². The third kappa shape index (κ3) is 5.63. The molecule has 222 valence electrons. The molecule has 1 N–H and O–H groups in total. The summed E-state index contributed by atoms with van der Waals surface area (Å²) in [6.45, 7) is 8.09. The van der Waals surface area contributed by atoms with Gasteiger partial charge >= 0.3 is 5.97 Å². The average Bonchev–Trinajstić information content (AvgIpc) is 3.76. The number of aromatic nitrogens is 1. The zero-order valence-corrected chi connectivity index (χ0v) is 25.0. The van der Waals surface area contributed by atoms with E-state index in [1.807, 2.05) is 13.0 Å². The van der Waals surface area contributed by atoms with Crippen LogP contribution < -0.4 is 9.47 Å². The topological polar surface area (TPSA) is 71.9 Å². The predicted octanol–water partition coefficient (Wildman–Crippen LogP) is 7.55. The van der Waals surface area contributed by atoms with Crippen LogP contribution in [-0.2, 0) is 17.8 Å². The maximum Gasteiger partial charge on any atom is 0.306 e. The van der Waals surface area contributed by atoms with Crippen LogP contribution in [0.4, 0.5) is 4.39 Å². The fraction of sp³-hybridized carbons (Fsp3) is 0.486. The van der Waals surface area contributed by atoms with Crippen LogP contribution in [-0.4, -0.2) is 40.2 Å². The van der Waals surface area contributed by atoms with Gasteiger partial charge in [0.1, 0.15) is 17.7 Å². The van der Waals surface area contributed by atoms with Crippen molar-refractivity contribution in [3.05, 3.63) is 76.7 Å². The molecule has 3 heterocycles. The second-order valence-electron chi connectivity index (χ2n) is 13.0. The fourth-order valence-corrected chi connectivity index (χ4v) is 7.01. The minimum Gasteiger partial charge on any atom is -0.485 e. The number of hydrogen-bond donors (Lipinski definition) is 1. The molecule has 0 spiro atoms. The first kappa shape index (κ1) is 28.7. The number of rotatable bonds is 9. The molecule has 1 saturated heterocycles. The minimum absolute atomic E-state index is 0.00118. The van der Waals surface area contributed by atoms with Crippen molar-refractivity contribution in [2.75, 3.05) is 13.7 Å². The molecule has 3 atom stereocenters. The van der Waals surface area contributed by atoms with E-state index in [-0.39, 0.29) is 23.4 Å². The maximum atomic E-state index is 15.1. The number of pyridine rings is 1. The Morgan fingerprint density at radius 3 is 2.67 bits per heavy atom. The number of ether oxygens (including phenoxy) is 2. The van der Waals surface area contributed by atoms with E-state index in [1.54, 1.807) is 13.2 Å². The highest BCUT2D eigenvalue weighted by atomic mass is 19.1. The summed E-state index contributed by atoms with van der Waals surface area (Å²) in [6.07, 6.45) is 7.25. The Labute approximate surface area is 247 Å². The number of carbonyl (C=O) groups is 1. The van der Waals surface area contributed by atoms with Crippen molar-refractivity contribution in [3.8, 4) is 22.8 Å². The highest BCUT2D eigenvalue weighted by Gasteiger charge is 2.39. The lowest BCUT2D eigenvalue weighted by Crippen LogP contribution is -2.37. The van der Waals surface area contributed by atoms with Crippen LogP contribution in [0.25, 0.3) is 11.1 Å². The molecular weight excluding hydrogens is 531 g/mol. The van der Waals surface area contributed by atoms with E-state index in [0.717, 1.165) is 78.6 Å². The summed E-state index contributed by atoms with van der Waals surface area (Å²) < 4.78 is 27.1. The number of likely N-dealkylation sites (tertiary alicyclic amines) is 1. The number of halogens is 1. The van der Waals surface area contributed by atoms with Crippen LogP contribution in [0.2, 0.25) is 0 Å². The van der Waals surface area contributed by atoms with Gasteiger partial charge in [0.2, 0.25) is 5.88 Å². The van der Waals surface area contributed by atoms with Crippen molar-refractivity contribution in [1.29, 1.82) is 0 Å². The Bertz CT molecular complexity index is 1480. The van der Waals surface area contributed by atoms with Crippen LogP contribution in [0.15, 0.2) is 48.7 Å². The number of aliphatic carboxylic acids is 1. The van der Waals surface area contributed by atoms with Crippen LogP contribution in [0.3, 0.4) is 0 Å². The predicted molar refractivity (Wildman–Crippen MR) is 160 cm³/mol. The number of aryl methyl sites for hydroxylation is 1. The molecule has 1 aromatic heterocycles. The van der Waals surface area contributed by atoms with Crippen molar-refractivity contribution in [3.63, 3.8) is 0 Å². The van der Waals surface area contributed by atoms with Crippen molar-refractivity contribution in [2.24, 2.45) is 11.8 Å². The van der Waals surface area contributed by atoms with Gasteiger partial charge in [0.25, 0.3) is 0 Å². The second kappa shape index (κ2) is 11.3. The Morgan fingerprint density at radius 1 is 1.17 bits per heavy atom. The van der Waals surface area contributed by atoms with Crippen molar-refractivity contribution in [1.82, 2.24) is 9.88 Å². The molecule has 42 heavy (non-hydrogen) atoms. The molecule has 2 aromatic carbocycles. The summed E-state index contributed by atoms with van der Waals surface area (Å²) in [7, 11) is 1.54. The fourth-order valence-electron chi connectivity index (χ4n) is 7.01. The number of nitrogens with zero attached hydrogens (tertiary/aromatic N) is 2. The van der Waals surface area contributed by atoms with Crippen molar-refractivity contribution >= 4 is 5.97 Å². The lowest BCUT2D eigenvalue weighted by molar-refractivity contribution is -0.142. The molecule has 0 bridgehead atoms. The third-order valence-electron chi connectivity index (χ3n) is 9.74. The number of methoxy groups -OCH3 is 1. The van der Waals surface area contributed by atoms with E-state index in [4.69, 9.17) is 9.47 Å². The van der Waals surface area contributed by atoms with Gasteiger partial charge in [-0.3, -0.25) is 9.69 Å². The summed E-state index contributed by atoms with van der Waals surface area (Å²) in [5.41, 5.74) is 5.74. The highest BCUT2D eigenvalue weighted by molar-refractivity contribution is 5.71. The molecule has 3 aromatic rings. The van der Waals surface area contributed by atoms with E-state index >= 15 is 4.39 Å². The van der Waals surface area contributed by atoms with Gasteiger partial charge in [-0.25, -0.2) is 9.37 Å². The van der Waals surface area contributed by atoms with Crippen LogP contribution in [0.1, 0.15) is 87.2 Å². The standard InChI is InChI=1S/C35H41FN2O4/c1-21(34(39)40)33(23-7-8-23)25-9-6-22-11-13-30(42-31(22)17-25)24-10-12-27(28-18-32(41-4)37-19-29(28)36)26(16-24)20-38-15-5-14-35(38,2)3/h6,9-10,12,16-19,21,23,30,33H,5,7-8,11,13-15,20H2,1-4H3,(H,39,40)/t21-,30-,33?/m0/s1. The number of hydrogen-bond acceptors (Lipinski definition) is 5. The van der Waals surface area contributed by atoms with Crippen LogP contribution in [0.5, 0.6) is 11.6 Å². The molecule has 6 nitrogen and oxygen atoms in total. The van der Waals surface area contributed by atoms with Crippen LogP contribution >= 0.6 is 0 Å². The average molecular weight is 573 g/mol. The first-order valence-electron chi connectivity index (χ1n) is 15.2. The summed E-state index contributed by atoms with van der Waals surface area (Å²) in [5, 5.41) is 9.76. The number of carboxylic acid groups (broad SMARTS) is 1. The third-order valence-corrected chi connectivity index (χ3v) is 9.74. The Morgan fingerprint density at radius 2 is 1.98 bits per heavy atom. The molecule has 1 unspecified atom stereocenters. The lowest BCUT2D eigenvalue weighted by Gasteiger charge is -2.33. The SMILES string of the molecule is COc1cc(-c2ccc([C@@H]3CCc4ccc(C(C5CC5)[C@H](C)C(=O)O)cc4O3)cc2CN2CCCC2(C)C)c(F)cn1. The summed E-state index contributed by atoms with van der Waals surface area (Å²) in [6, 6.07) is 14.2. The Balaban J connectivity index is 1.33. The summed E-state index contributed by atoms with van der Waals surface area (Å²) >= 11 is 0. The Kier molecular flexibility index (Phi) is 7.73. The first-order chi connectivity index (χ1) is 20.1. The normalized spacial score (nSPS) is 21.3.